The van der Waals surface area contributed by atoms with Crippen molar-refractivity contribution < 1.29 is 29.0 Å². The van der Waals surface area contributed by atoms with Gasteiger partial charge in [0.2, 0.25) is 5.91 Å². The number of fused-ring (bicyclic) bond motifs is 1. The quantitative estimate of drug-likeness (QED) is 0.175. The van der Waals surface area contributed by atoms with Crippen LogP contribution in [0.3, 0.4) is 0 Å². The second kappa shape index (κ2) is 14.4. The van der Waals surface area contributed by atoms with E-state index in [2.05, 4.69) is 29.6 Å². The second-order valence-corrected chi connectivity index (χ2v) is 12.5. The zero-order chi connectivity index (χ0) is 33.8. The van der Waals surface area contributed by atoms with E-state index < -0.39 is 17.9 Å². The molecule has 0 saturated carbocycles. The van der Waals surface area contributed by atoms with Crippen molar-refractivity contribution in [2.45, 2.75) is 58.1 Å². The van der Waals surface area contributed by atoms with Gasteiger partial charge in [-0.2, -0.15) is 0 Å². The summed E-state index contributed by atoms with van der Waals surface area (Å²) in [5.74, 6) is -0.625. The number of para-hydroxylation sites is 2. The highest BCUT2D eigenvalue weighted by Crippen LogP contribution is 2.48. The van der Waals surface area contributed by atoms with Gasteiger partial charge in [0.1, 0.15) is 6.61 Å². The van der Waals surface area contributed by atoms with Crippen molar-refractivity contribution >= 4 is 40.6 Å². The fourth-order valence-electron chi connectivity index (χ4n) is 6.41. The summed E-state index contributed by atoms with van der Waals surface area (Å²) in [4.78, 5) is 41.6. The van der Waals surface area contributed by atoms with E-state index in [9.17, 15) is 19.5 Å². The lowest BCUT2D eigenvalue weighted by Crippen LogP contribution is -2.38. The molecular formula is C39H37ClN2O6. The number of carbonyl (C=O) groups excluding carboxylic acids is 2. The minimum absolute atomic E-state index is 0.0472. The second-order valence-electron chi connectivity index (χ2n) is 12.1. The van der Waals surface area contributed by atoms with Gasteiger partial charge in [-0.1, -0.05) is 71.8 Å². The molecule has 0 unspecified atom stereocenters. The van der Waals surface area contributed by atoms with Crippen LogP contribution in [0.15, 0.2) is 102 Å². The van der Waals surface area contributed by atoms with Gasteiger partial charge in [-0.15, -0.1) is 0 Å². The maximum Gasteiger partial charge on any atom is 0.303 e. The molecule has 1 aliphatic heterocycles. The minimum atomic E-state index is -1.07. The van der Waals surface area contributed by atoms with Crippen molar-refractivity contribution in [2.24, 2.45) is 0 Å². The molecule has 2 aliphatic rings. The third-order valence-electron chi connectivity index (χ3n) is 8.75. The molecule has 0 fully saturated rings. The highest BCUT2D eigenvalue weighted by Gasteiger charge is 2.42. The highest BCUT2D eigenvalue weighted by molar-refractivity contribution is 6.30. The standard InChI is InChI=1S/C39H37ClN2O6/c1-3-47-35-22-27(14-17-34(35)48-23-25-10-15-29(40)16-11-25)39-38-31(20-28(21-33(38)43)26-12-8-24(2)9-13-26)41-30-6-4-5-7-32(30)42(39)36(44)18-19-37(45)46/h4-17,22,28,39,41H,3,18-21,23H2,1-2H3,(H,45,46)/t28-,39-/m0/s1. The number of carbonyl (C=O) groups is 3. The molecule has 9 heteroatoms. The first-order valence-corrected chi connectivity index (χ1v) is 16.5. The van der Waals surface area contributed by atoms with Gasteiger partial charge in [-0.3, -0.25) is 19.3 Å². The molecule has 1 amide bonds. The van der Waals surface area contributed by atoms with Crippen LogP contribution < -0.4 is 19.7 Å². The molecule has 0 bridgehead atoms. The topological polar surface area (TPSA) is 105 Å². The number of halogens is 1. The Bertz CT molecular complexity index is 1870. The molecule has 1 aliphatic carbocycles. The first kappa shape index (κ1) is 32.8. The number of benzene rings is 4. The van der Waals surface area contributed by atoms with Gasteiger partial charge in [0.15, 0.2) is 17.3 Å². The van der Waals surface area contributed by atoms with Crippen molar-refractivity contribution in [3.63, 3.8) is 0 Å². The molecule has 0 aromatic heterocycles. The van der Waals surface area contributed by atoms with E-state index in [1.807, 2.05) is 62.4 Å². The van der Waals surface area contributed by atoms with Gasteiger partial charge in [0.25, 0.3) is 0 Å². The predicted octanol–water partition coefficient (Wildman–Crippen LogP) is 8.39. The molecule has 0 saturated heterocycles. The number of hydrogen-bond donors (Lipinski definition) is 2. The number of aryl methyl sites for hydroxylation is 1. The van der Waals surface area contributed by atoms with E-state index in [4.69, 9.17) is 21.1 Å². The zero-order valence-corrected chi connectivity index (χ0v) is 27.6. The lowest BCUT2D eigenvalue weighted by Gasteiger charge is -2.35. The van der Waals surface area contributed by atoms with Crippen LogP contribution in [0, 0.1) is 6.92 Å². The summed E-state index contributed by atoms with van der Waals surface area (Å²) >= 11 is 6.05. The Hall–Kier alpha value is -5.08. The molecule has 8 nitrogen and oxygen atoms in total. The number of amides is 1. The third-order valence-corrected chi connectivity index (χ3v) is 9.00. The molecule has 4 aromatic carbocycles. The Kier molecular flexibility index (Phi) is 9.82. The number of allylic oxidation sites excluding steroid dienone is 1. The molecule has 2 N–H and O–H groups in total. The van der Waals surface area contributed by atoms with Crippen LogP contribution in [-0.4, -0.2) is 29.4 Å². The number of nitrogens with zero attached hydrogens (tertiary/aromatic N) is 1. The smallest absolute Gasteiger partial charge is 0.303 e. The minimum Gasteiger partial charge on any atom is -0.490 e. The number of ketones is 1. The van der Waals surface area contributed by atoms with Gasteiger partial charge in [0, 0.05) is 29.1 Å². The molecule has 48 heavy (non-hydrogen) atoms. The number of carboxylic acid groups (broad SMARTS) is 1. The number of nitrogens with one attached hydrogen (secondary N) is 1. The Balaban J connectivity index is 1.46. The zero-order valence-electron chi connectivity index (χ0n) is 26.9. The maximum absolute atomic E-state index is 14.4. The van der Waals surface area contributed by atoms with E-state index in [0.717, 1.165) is 22.4 Å². The van der Waals surface area contributed by atoms with Crippen LogP contribution in [0.2, 0.25) is 5.02 Å². The average Bonchev–Trinajstić information content (AvgIpc) is 3.22. The van der Waals surface area contributed by atoms with Crippen LogP contribution in [0.25, 0.3) is 0 Å². The van der Waals surface area contributed by atoms with Crippen molar-refractivity contribution in [3.8, 4) is 11.5 Å². The average molecular weight is 665 g/mol. The summed E-state index contributed by atoms with van der Waals surface area (Å²) in [6.07, 6.45) is 0.263. The Morgan fingerprint density at radius 3 is 2.35 bits per heavy atom. The first-order chi connectivity index (χ1) is 23.2. The van der Waals surface area contributed by atoms with Crippen LogP contribution in [0.5, 0.6) is 11.5 Å². The summed E-state index contributed by atoms with van der Waals surface area (Å²) in [7, 11) is 0. The third kappa shape index (κ3) is 7.09. The summed E-state index contributed by atoms with van der Waals surface area (Å²) in [5, 5.41) is 13.6. The van der Waals surface area contributed by atoms with Crippen LogP contribution in [0.1, 0.15) is 66.8 Å². The first-order valence-electron chi connectivity index (χ1n) is 16.1. The highest BCUT2D eigenvalue weighted by atomic mass is 35.5. The number of Topliss-reactive ketones (excluding diaryl/α,β-unsaturated/α-hetero) is 1. The number of hydrogen-bond acceptors (Lipinski definition) is 6. The lowest BCUT2D eigenvalue weighted by molar-refractivity contribution is -0.138. The Labute approximate surface area is 284 Å². The maximum atomic E-state index is 14.4. The van der Waals surface area contributed by atoms with Gasteiger partial charge in [0.05, 0.1) is 30.4 Å². The van der Waals surface area contributed by atoms with Crippen LogP contribution in [-0.2, 0) is 21.0 Å². The monoisotopic (exact) mass is 664 g/mol. The number of ether oxygens (including phenoxy) is 2. The number of aliphatic carboxylic acids is 1. The molecule has 1 heterocycles. The molecule has 6 rings (SSSR count). The van der Waals surface area contributed by atoms with Crippen molar-refractivity contribution in [2.75, 3.05) is 16.8 Å². The Morgan fingerprint density at radius 2 is 1.62 bits per heavy atom. The fraction of sp³-hybridized carbons (Fsp3) is 0.256. The summed E-state index contributed by atoms with van der Waals surface area (Å²) < 4.78 is 12.2. The largest absolute Gasteiger partial charge is 0.490 e. The molecule has 0 radical (unpaired) electrons. The van der Waals surface area contributed by atoms with E-state index in [1.165, 1.54) is 0 Å². The van der Waals surface area contributed by atoms with Gasteiger partial charge >= 0.3 is 5.97 Å². The molecular weight excluding hydrogens is 628 g/mol. The van der Waals surface area contributed by atoms with Crippen LogP contribution >= 0.6 is 11.6 Å². The number of carboxylic acids is 1. The number of rotatable bonds is 10. The molecule has 2 atom stereocenters. The molecule has 0 spiro atoms. The van der Waals surface area contributed by atoms with Gasteiger partial charge in [-0.05, 0) is 79.3 Å². The van der Waals surface area contributed by atoms with Crippen LogP contribution in [0.4, 0.5) is 11.4 Å². The SMILES string of the molecule is CCOc1cc([C@H]2C3=C(C[C@H](c4ccc(C)cc4)CC3=O)Nc3ccccc3N2C(=O)CCC(=O)O)ccc1OCc1ccc(Cl)cc1. The number of anilines is 2. The van der Waals surface area contributed by atoms with Crippen molar-refractivity contribution in [1.29, 1.82) is 0 Å². The molecule has 246 valence electrons. The van der Waals surface area contributed by atoms with E-state index in [-0.39, 0.29) is 37.6 Å². The normalized spacial score (nSPS) is 17.1. The fourth-order valence-corrected chi connectivity index (χ4v) is 6.54. The van der Waals surface area contributed by atoms with E-state index >= 15 is 0 Å². The predicted molar refractivity (Wildman–Crippen MR) is 186 cm³/mol. The van der Waals surface area contributed by atoms with E-state index in [0.29, 0.717) is 52.1 Å². The van der Waals surface area contributed by atoms with E-state index in [1.54, 1.807) is 23.1 Å². The summed E-state index contributed by atoms with van der Waals surface area (Å²) in [6.45, 7) is 4.55. The summed E-state index contributed by atoms with van der Waals surface area (Å²) in [6, 6.07) is 27.6. The molecule has 4 aromatic rings. The van der Waals surface area contributed by atoms with Crippen molar-refractivity contribution in [3.05, 3.63) is 130 Å². The van der Waals surface area contributed by atoms with Gasteiger partial charge < -0.3 is 19.9 Å². The lowest BCUT2D eigenvalue weighted by atomic mass is 9.78. The van der Waals surface area contributed by atoms with Crippen molar-refractivity contribution in [1.82, 2.24) is 0 Å². The Morgan fingerprint density at radius 1 is 0.896 bits per heavy atom. The van der Waals surface area contributed by atoms with Gasteiger partial charge in [-0.25, -0.2) is 0 Å². The summed E-state index contributed by atoms with van der Waals surface area (Å²) in [5.41, 5.74) is 6.25.